The molecule has 0 spiro atoms. The summed E-state index contributed by atoms with van der Waals surface area (Å²) in [4.78, 5) is 16.1. The van der Waals surface area contributed by atoms with E-state index >= 15 is 0 Å². The van der Waals surface area contributed by atoms with Crippen molar-refractivity contribution >= 4 is 17.7 Å². The molecule has 0 radical (unpaired) electrons. The van der Waals surface area contributed by atoms with Gasteiger partial charge in [0.25, 0.3) is 0 Å². The summed E-state index contributed by atoms with van der Waals surface area (Å²) in [6.07, 6.45) is 2.32. The third-order valence-corrected chi connectivity index (χ3v) is 6.21. The van der Waals surface area contributed by atoms with Crippen molar-refractivity contribution in [1.29, 1.82) is 0 Å². The molecule has 1 fully saturated rings. The molecule has 2 aliphatic rings. The predicted octanol–water partition coefficient (Wildman–Crippen LogP) is 2.70. The van der Waals surface area contributed by atoms with Crippen LogP contribution >= 0.6 is 11.8 Å². The molecule has 0 saturated heterocycles. The second kappa shape index (κ2) is 4.93. The molecule has 2 bridgehead atoms. The molecule has 0 aliphatic heterocycles. The minimum absolute atomic E-state index is 0.0716. The predicted molar refractivity (Wildman–Crippen MR) is 80.3 cm³/mol. The highest BCUT2D eigenvalue weighted by Crippen LogP contribution is 2.66. The smallest absolute Gasteiger partial charge is 0.316 e. The number of ether oxygens (including phenoxy) is 1. The first kappa shape index (κ1) is 14.8. The Morgan fingerprint density at radius 3 is 2.86 bits per heavy atom. The fourth-order valence-corrected chi connectivity index (χ4v) is 4.33. The first-order chi connectivity index (χ1) is 9.90. The Morgan fingerprint density at radius 2 is 2.14 bits per heavy atom. The number of aromatic nitrogens is 3. The number of carbonyl (C=O) groups is 1. The van der Waals surface area contributed by atoms with E-state index in [-0.39, 0.29) is 22.6 Å². The number of fused-ring (bicyclic) bond motifs is 5. The van der Waals surface area contributed by atoms with Gasteiger partial charge in [-0.15, -0.1) is 5.10 Å². The van der Waals surface area contributed by atoms with Crippen molar-refractivity contribution in [3.8, 4) is 0 Å². The number of carbonyl (C=O) groups excluding carboxylic acids is 1. The summed E-state index contributed by atoms with van der Waals surface area (Å²) < 4.78 is 4.92. The quantitative estimate of drug-likeness (QED) is 0.629. The maximum Gasteiger partial charge on any atom is 0.316 e. The lowest BCUT2D eigenvalue weighted by molar-refractivity contribution is -0.139. The Morgan fingerprint density at radius 1 is 1.38 bits per heavy atom. The van der Waals surface area contributed by atoms with Gasteiger partial charge in [0.05, 0.1) is 23.7 Å². The molecule has 1 saturated carbocycles. The second-order valence-electron chi connectivity index (χ2n) is 6.57. The zero-order valence-electron chi connectivity index (χ0n) is 13.0. The van der Waals surface area contributed by atoms with Gasteiger partial charge in [-0.25, -0.2) is 4.98 Å². The Bertz CT molecular complexity index is 590. The molecule has 5 nitrogen and oxygen atoms in total. The Hall–Kier alpha value is -1.17. The van der Waals surface area contributed by atoms with Gasteiger partial charge in [-0.05, 0) is 25.2 Å². The van der Waals surface area contributed by atoms with Crippen LogP contribution in [0.25, 0.3) is 0 Å². The van der Waals surface area contributed by atoms with Crippen LogP contribution in [0.4, 0.5) is 0 Å². The first-order valence-corrected chi connectivity index (χ1v) is 8.42. The van der Waals surface area contributed by atoms with E-state index in [9.17, 15) is 4.79 Å². The number of esters is 1. The molecule has 1 aromatic heterocycles. The maximum absolute atomic E-state index is 11.4. The van der Waals surface area contributed by atoms with Gasteiger partial charge in [-0.3, -0.25) is 4.79 Å². The second-order valence-corrected chi connectivity index (χ2v) is 7.51. The lowest BCUT2D eigenvalue weighted by Crippen LogP contribution is -2.32. The number of nitrogens with zero attached hydrogens (tertiary/aromatic N) is 3. The third kappa shape index (κ3) is 2.06. The molecule has 0 aromatic carbocycles. The molecule has 2 atom stereocenters. The summed E-state index contributed by atoms with van der Waals surface area (Å²) in [5.41, 5.74) is 2.41. The fourth-order valence-electron chi connectivity index (χ4n) is 3.75. The summed E-state index contributed by atoms with van der Waals surface area (Å²) in [7, 11) is 0. The van der Waals surface area contributed by atoms with Gasteiger partial charge in [-0.2, -0.15) is 5.10 Å². The number of thioether (sulfide) groups is 1. The third-order valence-electron chi connectivity index (χ3n) is 5.40. The van der Waals surface area contributed by atoms with Crippen LogP contribution in [0.1, 0.15) is 57.8 Å². The standard InChI is InChI=1S/C15H21N3O2S/c1-5-20-10(19)8-21-13-16-12-11(17-18-13)9-6-7-15(12,4)14(9,2)3/h9H,5-8H2,1-4H3/t9-,15+/m0/s1. The minimum Gasteiger partial charge on any atom is -0.465 e. The van der Waals surface area contributed by atoms with Crippen LogP contribution in [-0.2, 0) is 14.9 Å². The summed E-state index contributed by atoms with van der Waals surface area (Å²) in [5, 5.41) is 9.19. The lowest BCUT2D eigenvalue weighted by atomic mass is 9.70. The van der Waals surface area contributed by atoms with E-state index in [0.29, 0.717) is 17.7 Å². The van der Waals surface area contributed by atoms with Gasteiger partial charge >= 0.3 is 5.97 Å². The normalized spacial score (nSPS) is 28.5. The highest BCUT2D eigenvalue weighted by atomic mass is 32.2. The van der Waals surface area contributed by atoms with Crippen molar-refractivity contribution in [3.63, 3.8) is 0 Å². The average molecular weight is 307 g/mol. The fraction of sp³-hybridized carbons (Fsp3) is 0.733. The monoisotopic (exact) mass is 307 g/mol. The molecular formula is C15H21N3O2S. The van der Waals surface area contributed by atoms with Crippen molar-refractivity contribution < 1.29 is 9.53 Å². The van der Waals surface area contributed by atoms with Crippen molar-refractivity contribution in [2.75, 3.05) is 12.4 Å². The topological polar surface area (TPSA) is 65.0 Å². The Labute approximate surface area is 129 Å². The van der Waals surface area contributed by atoms with E-state index < -0.39 is 0 Å². The molecule has 0 amide bonds. The van der Waals surface area contributed by atoms with Crippen LogP contribution in [0.3, 0.4) is 0 Å². The lowest BCUT2D eigenvalue weighted by Gasteiger charge is -2.33. The first-order valence-electron chi connectivity index (χ1n) is 7.43. The average Bonchev–Trinajstić information content (AvgIpc) is 2.77. The van der Waals surface area contributed by atoms with Crippen LogP contribution in [0, 0.1) is 5.41 Å². The van der Waals surface area contributed by atoms with E-state index in [1.54, 1.807) is 6.92 Å². The van der Waals surface area contributed by atoms with E-state index in [2.05, 4.69) is 31.0 Å². The van der Waals surface area contributed by atoms with Crippen LogP contribution in [-0.4, -0.2) is 33.5 Å². The minimum atomic E-state index is -0.236. The van der Waals surface area contributed by atoms with Crippen molar-refractivity contribution in [1.82, 2.24) is 15.2 Å². The Balaban J connectivity index is 1.83. The van der Waals surface area contributed by atoms with Crippen molar-refractivity contribution in [2.45, 2.75) is 57.0 Å². The zero-order valence-corrected chi connectivity index (χ0v) is 13.8. The highest BCUT2D eigenvalue weighted by molar-refractivity contribution is 7.99. The molecule has 1 heterocycles. The van der Waals surface area contributed by atoms with Crippen molar-refractivity contribution in [3.05, 3.63) is 11.4 Å². The van der Waals surface area contributed by atoms with Gasteiger partial charge in [-0.1, -0.05) is 32.5 Å². The summed E-state index contributed by atoms with van der Waals surface area (Å²) >= 11 is 1.30. The SMILES string of the molecule is CCOC(=O)CSc1nnc2c(n1)[C@@]1(C)CC[C@@H]2C1(C)C. The summed E-state index contributed by atoms with van der Waals surface area (Å²) in [6.45, 7) is 9.10. The van der Waals surface area contributed by atoms with Gasteiger partial charge in [0.2, 0.25) is 5.16 Å². The van der Waals surface area contributed by atoms with Crippen LogP contribution < -0.4 is 0 Å². The zero-order chi connectivity index (χ0) is 15.3. The molecule has 0 unspecified atom stereocenters. The number of rotatable bonds is 4. The van der Waals surface area contributed by atoms with Crippen LogP contribution in [0.15, 0.2) is 5.16 Å². The molecule has 1 aromatic rings. The van der Waals surface area contributed by atoms with E-state index in [1.165, 1.54) is 18.2 Å². The van der Waals surface area contributed by atoms with Crippen molar-refractivity contribution in [2.24, 2.45) is 5.41 Å². The summed E-state index contributed by atoms with van der Waals surface area (Å²) in [6, 6.07) is 0. The van der Waals surface area contributed by atoms with Gasteiger partial charge in [0.1, 0.15) is 0 Å². The summed E-state index contributed by atoms with van der Waals surface area (Å²) in [5.74, 6) is 0.457. The van der Waals surface area contributed by atoms with E-state index in [1.807, 2.05) is 0 Å². The Kier molecular flexibility index (Phi) is 3.47. The number of hydrogen-bond donors (Lipinski definition) is 0. The van der Waals surface area contributed by atoms with Crippen LogP contribution in [0.2, 0.25) is 0 Å². The molecule has 3 rings (SSSR count). The van der Waals surface area contributed by atoms with Gasteiger partial charge in [0, 0.05) is 11.3 Å². The highest BCUT2D eigenvalue weighted by Gasteiger charge is 2.61. The van der Waals surface area contributed by atoms with Gasteiger partial charge < -0.3 is 4.74 Å². The molecular weight excluding hydrogens is 286 g/mol. The van der Waals surface area contributed by atoms with E-state index in [4.69, 9.17) is 9.72 Å². The number of hydrogen-bond acceptors (Lipinski definition) is 6. The largest absolute Gasteiger partial charge is 0.465 e. The molecule has 0 N–H and O–H groups in total. The molecule has 6 heteroatoms. The molecule has 114 valence electrons. The maximum atomic E-state index is 11.4. The molecule has 21 heavy (non-hydrogen) atoms. The van der Waals surface area contributed by atoms with E-state index in [0.717, 1.165) is 17.8 Å². The van der Waals surface area contributed by atoms with Crippen LogP contribution in [0.5, 0.6) is 0 Å². The van der Waals surface area contributed by atoms with Gasteiger partial charge in [0.15, 0.2) is 0 Å². The molecule has 2 aliphatic carbocycles.